The fourth-order valence-corrected chi connectivity index (χ4v) is 4.63. The predicted molar refractivity (Wildman–Crippen MR) is 135 cm³/mol. The Bertz CT molecular complexity index is 1270. The summed E-state index contributed by atoms with van der Waals surface area (Å²) in [4.78, 5) is 19.8. The van der Waals surface area contributed by atoms with E-state index in [1.165, 1.54) is 30.5 Å². The molecule has 0 bridgehead atoms. The standard InChI is InChI=1S/C28H29FN4O2/c29-22-6-8-23(9-7-22)31-27-24-12-17-35-26(24)19-25(32-27)28(34)30-13-16-33-14-10-21(11-15-33)18-20-4-2-1-3-5-20/h1-9,12,17,19,21H,10-11,13-16,18H2,(H,30,34)(H,31,32). The Labute approximate surface area is 204 Å². The van der Waals surface area contributed by atoms with Crippen molar-refractivity contribution in [3.63, 3.8) is 0 Å². The minimum absolute atomic E-state index is 0.246. The van der Waals surface area contributed by atoms with Gasteiger partial charge in [0, 0.05) is 24.8 Å². The molecule has 0 radical (unpaired) electrons. The largest absolute Gasteiger partial charge is 0.464 e. The Kier molecular flexibility index (Phi) is 7.04. The molecular formula is C28H29FN4O2. The van der Waals surface area contributed by atoms with E-state index in [1.54, 1.807) is 30.5 Å². The van der Waals surface area contributed by atoms with Gasteiger partial charge in [0.15, 0.2) is 0 Å². The molecule has 35 heavy (non-hydrogen) atoms. The molecule has 2 aromatic heterocycles. The Morgan fingerprint density at radius 3 is 2.60 bits per heavy atom. The second-order valence-corrected chi connectivity index (χ2v) is 9.05. The lowest BCUT2D eigenvalue weighted by molar-refractivity contribution is 0.0939. The Balaban J connectivity index is 1.14. The third-order valence-electron chi connectivity index (χ3n) is 6.58. The lowest BCUT2D eigenvalue weighted by Gasteiger charge is -2.32. The quantitative estimate of drug-likeness (QED) is 0.360. The van der Waals surface area contributed by atoms with Crippen LogP contribution in [0.15, 0.2) is 77.4 Å². The monoisotopic (exact) mass is 472 g/mol. The molecule has 180 valence electrons. The van der Waals surface area contributed by atoms with Crippen LogP contribution in [-0.2, 0) is 6.42 Å². The second-order valence-electron chi connectivity index (χ2n) is 9.05. The molecule has 4 aromatic rings. The Hall–Kier alpha value is -3.71. The van der Waals surface area contributed by atoms with Crippen LogP contribution >= 0.6 is 0 Å². The smallest absolute Gasteiger partial charge is 0.270 e. The molecule has 6 nitrogen and oxygen atoms in total. The first-order valence-electron chi connectivity index (χ1n) is 12.1. The molecule has 0 atom stereocenters. The molecule has 1 fully saturated rings. The zero-order valence-electron chi connectivity index (χ0n) is 19.5. The van der Waals surface area contributed by atoms with E-state index < -0.39 is 0 Å². The van der Waals surface area contributed by atoms with Crippen LogP contribution < -0.4 is 10.6 Å². The Morgan fingerprint density at radius 1 is 1.06 bits per heavy atom. The maximum atomic E-state index is 13.2. The van der Waals surface area contributed by atoms with Gasteiger partial charge in [-0.1, -0.05) is 30.3 Å². The lowest BCUT2D eigenvalue weighted by Crippen LogP contribution is -2.40. The van der Waals surface area contributed by atoms with Crippen LogP contribution in [0.25, 0.3) is 11.0 Å². The van der Waals surface area contributed by atoms with E-state index in [0.717, 1.165) is 37.4 Å². The van der Waals surface area contributed by atoms with Crippen molar-refractivity contribution >= 4 is 28.4 Å². The summed E-state index contributed by atoms with van der Waals surface area (Å²) >= 11 is 0. The molecular weight excluding hydrogens is 443 g/mol. The third kappa shape index (κ3) is 5.87. The van der Waals surface area contributed by atoms with Gasteiger partial charge in [-0.15, -0.1) is 0 Å². The maximum Gasteiger partial charge on any atom is 0.270 e. The second kappa shape index (κ2) is 10.7. The van der Waals surface area contributed by atoms with Crippen LogP contribution in [0.3, 0.4) is 0 Å². The average Bonchev–Trinajstić information content (AvgIpc) is 3.36. The molecule has 0 spiro atoms. The minimum atomic E-state index is -0.314. The number of nitrogens with one attached hydrogen (secondary N) is 2. The van der Waals surface area contributed by atoms with Gasteiger partial charge in [-0.25, -0.2) is 9.37 Å². The van der Waals surface area contributed by atoms with E-state index in [1.807, 2.05) is 0 Å². The van der Waals surface area contributed by atoms with Crippen molar-refractivity contribution in [3.05, 3.63) is 90.1 Å². The highest BCUT2D eigenvalue weighted by Crippen LogP contribution is 2.27. The summed E-state index contributed by atoms with van der Waals surface area (Å²) in [6, 6.07) is 20.1. The number of benzene rings is 2. The summed E-state index contributed by atoms with van der Waals surface area (Å²) in [5.74, 6) is 0.655. The summed E-state index contributed by atoms with van der Waals surface area (Å²) in [7, 11) is 0. The summed E-state index contributed by atoms with van der Waals surface area (Å²) in [6.45, 7) is 3.47. The van der Waals surface area contributed by atoms with Crippen molar-refractivity contribution < 1.29 is 13.6 Å². The molecule has 1 amide bonds. The third-order valence-corrected chi connectivity index (χ3v) is 6.58. The number of rotatable bonds is 8. The Morgan fingerprint density at radius 2 is 1.83 bits per heavy atom. The van der Waals surface area contributed by atoms with Gasteiger partial charge in [0.05, 0.1) is 11.6 Å². The number of pyridine rings is 1. The first-order valence-corrected chi connectivity index (χ1v) is 12.1. The van der Waals surface area contributed by atoms with E-state index in [2.05, 4.69) is 50.8 Å². The molecule has 7 heteroatoms. The van der Waals surface area contributed by atoms with Crippen LogP contribution in [0, 0.1) is 11.7 Å². The molecule has 3 heterocycles. The van der Waals surface area contributed by atoms with Crippen molar-refractivity contribution in [2.75, 3.05) is 31.5 Å². The maximum absolute atomic E-state index is 13.2. The number of furan rings is 1. The number of halogens is 1. The van der Waals surface area contributed by atoms with Crippen LogP contribution in [0.2, 0.25) is 0 Å². The molecule has 1 saturated heterocycles. The topological polar surface area (TPSA) is 70.4 Å². The van der Waals surface area contributed by atoms with Crippen LogP contribution in [-0.4, -0.2) is 42.0 Å². The average molecular weight is 473 g/mol. The molecule has 5 rings (SSSR count). The number of hydrogen-bond acceptors (Lipinski definition) is 5. The number of carbonyl (C=O) groups is 1. The number of nitrogens with zero attached hydrogens (tertiary/aromatic N) is 2. The van der Waals surface area contributed by atoms with E-state index in [9.17, 15) is 9.18 Å². The van der Waals surface area contributed by atoms with Crippen LogP contribution in [0.1, 0.15) is 28.9 Å². The number of anilines is 2. The van der Waals surface area contributed by atoms with Gasteiger partial charge in [0.25, 0.3) is 5.91 Å². The molecule has 0 unspecified atom stereocenters. The van der Waals surface area contributed by atoms with Crippen LogP contribution in [0.5, 0.6) is 0 Å². The zero-order valence-corrected chi connectivity index (χ0v) is 19.5. The normalized spacial score (nSPS) is 14.8. The molecule has 2 N–H and O–H groups in total. The van der Waals surface area contributed by atoms with Gasteiger partial charge in [-0.2, -0.15) is 0 Å². The van der Waals surface area contributed by atoms with Gasteiger partial charge < -0.3 is 20.0 Å². The fourth-order valence-electron chi connectivity index (χ4n) is 4.63. The van der Waals surface area contributed by atoms with Gasteiger partial charge in [0.1, 0.15) is 22.9 Å². The number of likely N-dealkylation sites (tertiary alicyclic amines) is 1. The number of hydrogen-bond donors (Lipinski definition) is 2. The minimum Gasteiger partial charge on any atom is -0.464 e. The highest BCUT2D eigenvalue weighted by molar-refractivity contribution is 5.99. The molecule has 1 aliphatic rings. The van der Waals surface area contributed by atoms with Crippen molar-refractivity contribution in [1.29, 1.82) is 0 Å². The van der Waals surface area contributed by atoms with Gasteiger partial charge >= 0.3 is 0 Å². The SMILES string of the molecule is O=C(NCCN1CCC(Cc2ccccc2)CC1)c1cc2occc2c(Nc2ccc(F)cc2)n1. The number of piperidine rings is 1. The van der Waals surface area contributed by atoms with Crippen LogP contribution in [0.4, 0.5) is 15.9 Å². The van der Waals surface area contributed by atoms with Gasteiger partial charge in [-0.05, 0) is 74.2 Å². The number of fused-ring (bicyclic) bond motifs is 1. The summed E-state index contributed by atoms with van der Waals surface area (Å²) in [5, 5.41) is 6.90. The van der Waals surface area contributed by atoms with E-state index >= 15 is 0 Å². The molecule has 2 aromatic carbocycles. The van der Waals surface area contributed by atoms with Crippen molar-refractivity contribution in [1.82, 2.24) is 15.2 Å². The summed E-state index contributed by atoms with van der Waals surface area (Å²) < 4.78 is 18.8. The zero-order chi connectivity index (χ0) is 24.0. The van der Waals surface area contributed by atoms with E-state index in [0.29, 0.717) is 23.6 Å². The molecule has 0 aliphatic carbocycles. The molecule has 1 aliphatic heterocycles. The van der Waals surface area contributed by atoms with Crippen molar-refractivity contribution in [2.24, 2.45) is 5.92 Å². The fraction of sp³-hybridized carbons (Fsp3) is 0.286. The summed E-state index contributed by atoms with van der Waals surface area (Å²) in [5.41, 5.74) is 2.93. The first kappa shape index (κ1) is 23.1. The van der Waals surface area contributed by atoms with Gasteiger partial charge in [0.2, 0.25) is 0 Å². The summed E-state index contributed by atoms with van der Waals surface area (Å²) in [6.07, 6.45) is 5.06. The highest BCUT2D eigenvalue weighted by atomic mass is 19.1. The van der Waals surface area contributed by atoms with Crippen molar-refractivity contribution in [3.8, 4) is 0 Å². The molecule has 0 saturated carbocycles. The van der Waals surface area contributed by atoms with Gasteiger partial charge in [-0.3, -0.25) is 4.79 Å². The lowest BCUT2D eigenvalue weighted by atomic mass is 9.90. The number of carbonyl (C=O) groups excluding carboxylic acids is 1. The highest BCUT2D eigenvalue weighted by Gasteiger charge is 2.20. The van der Waals surface area contributed by atoms with E-state index in [-0.39, 0.29) is 17.4 Å². The first-order chi connectivity index (χ1) is 17.1. The van der Waals surface area contributed by atoms with E-state index in [4.69, 9.17) is 4.42 Å². The number of aromatic nitrogens is 1. The predicted octanol–water partition coefficient (Wildman–Crippen LogP) is 5.40. The number of amides is 1. The van der Waals surface area contributed by atoms with Crippen molar-refractivity contribution in [2.45, 2.75) is 19.3 Å².